The lowest BCUT2D eigenvalue weighted by molar-refractivity contribution is -0.0498. The third-order valence-corrected chi connectivity index (χ3v) is 5.06. The van der Waals surface area contributed by atoms with Crippen LogP contribution in [-0.4, -0.2) is 30.6 Å². The summed E-state index contributed by atoms with van der Waals surface area (Å²) in [5.74, 6) is -0.620. The van der Waals surface area contributed by atoms with E-state index in [2.05, 4.69) is 14.8 Å². The highest BCUT2D eigenvalue weighted by molar-refractivity contribution is 5.85. The maximum absolute atomic E-state index is 13.4. The van der Waals surface area contributed by atoms with Gasteiger partial charge in [0.15, 0.2) is 5.65 Å². The predicted molar refractivity (Wildman–Crippen MR) is 93.0 cm³/mol. The zero-order valence-corrected chi connectivity index (χ0v) is 14.4. The molecule has 0 bridgehead atoms. The first-order valence-corrected chi connectivity index (χ1v) is 8.32. The van der Waals surface area contributed by atoms with Gasteiger partial charge in [0.1, 0.15) is 11.6 Å². The molecule has 5 nitrogen and oxygen atoms in total. The van der Waals surface area contributed by atoms with E-state index in [1.807, 2.05) is 26.1 Å². The molecule has 3 aromatic rings. The molecule has 1 saturated carbocycles. The fourth-order valence-electron chi connectivity index (χ4n) is 3.82. The van der Waals surface area contributed by atoms with Crippen molar-refractivity contribution in [3.05, 3.63) is 41.3 Å². The molecule has 0 unspecified atom stereocenters. The van der Waals surface area contributed by atoms with Crippen molar-refractivity contribution in [2.24, 2.45) is 0 Å². The second-order valence-electron chi connectivity index (χ2n) is 7.36. The van der Waals surface area contributed by atoms with Crippen molar-refractivity contribution in [3.63, 3.8) is 0 Å². The van der Waals surface area contributed by atoms with Gasteiger partial charge in [-0.25, -0.2) is 4.39 Å². The minimum atomic E-state index is -0.612. The average Bonchev–Trinajstić information content (AvgIpc) is 2.80. The summed E-state index contributed by atoms with van der Waals surface area (Å²) in [6, 6.07) is 4.55. The molecule has 0 atom stereocenters. The van der Waals surface area contributed by atoms with E-state index in [9.17, 15) is 14.6 Å². The van der Waals surface area contributed by atoms with Crippen LogP contribution in [0.4, 0.5) is 4.39 Å². The van der Waals surface area contributed by atoms with Gasteiger partial charge in [0.2, 0.25) is 0 Å². The maximum Gasteiger partial charge on any atom is 0.163 e. The first-order chi connectivity index (χ1) is 11.7. The monoisotopic (exact) mass is 341 g/mol. The molecule has 2 heterocycles. The summed E-state index contributed by atoms with van der Waals surface area (Å²) in [6.07, 6.45) is 3.41. The standard InChI is InChI=1S/C19H20FN3O2/c1-10-4-12(20)5-16(24)17(10)15-6-14-11(2)9-23(18(14)22-21-15)13-7-19(3,25)8-13/h4-6,9,13,24-25H,7-8H2,1-3H3. The van der Waals surface area contributed by atoms with Gasteiger partial charge in [0.25, 0.3) is 0 Å². The highest BCUT2D eigenvalue weighted by Crippen LogP contribution is 2.43. The summed E-state index contributed by atoms with van der Waals surface area (Å²) in [7, 11) is 0. The van der Waals surface area contributed by atoms with Crippen molar-refractivity contribution < 1.29 is 14.6 Å². The number of hydrogen-bond donors (Lipinski definition) is 2. The predicted octanol–water partition coefficient (Wildman–Crippen LogP) is 3.65. The molecule has 25 heavy (non-hydrogen) atoms. The van der Waals surface area contributed by atoms with Crippen LogP contribution < -0.4 is 0 Å². The Kier molecular flexibility index (Phi) is 3.37. The Morgan fingerprint density at radius 2 is 1.88 bits per heavy atom. The molecule has 0 saturated heterocycles. The molecule has 4 rings (SSSR count). The molecule has 1 aromatic carbocycles. The number of fused-ring (bicyclic) bond motifs is 1. The third-order valence-electron chi connectivity index (χ3n) is 5.06. The number of hydrogen-bond acceptors (Lipinski definition) is 4. The van der Waals surface area contributed by atoms with E-state index >= 15 is 0 Å². The van der Waals surface area contributed by atoms with Crippen LogP contribution in [0.3, 0.4) is 0 Å². The molecule has 2 N–H and O–H groups in total. The fraction of sp³-hybridized carbons (Fsp3) is 0.368. The maximum atomic E-state index is 13.4. The number of aryl methyl sites for hydroxylation is 2. The first-order valence-electron chi connectivity index (χ1n) is 8.32. The quantitative estimate of drug-likeness (QED) is 0.746. The van der Waals surface area contributed by atoms with Gasteiger partial charge >= 0.3 is 0 Å². The van der Waals surface area contributed by atoms with E-state index in [0.717, 1.165) is 22.7 Å². The lowest BCUT2D eigenvalue weighted by atomic mass is 9.77. The fourth-order valence-corrected chi connectivity index (χ4v) is 3.82. The van der Waals surface area contributed by atoms with Crippen molar-refractivity contribution in [3.8, 4) is 17.0 Å². The number of aliphatic hydroxyl groups is 1. The summed E-state index contributed by atoms with van der Waals surface area (Å²) < 4.78 is 15.5. The molecular weight excluding hydrogens is 321 g/mol. The molecule has 130 valence electrons. The second-order valence-corrected chi connectivity index (χ2v) is 7.36. The Morgan fingerprint density at radius 3 is 2.52 bits per heavy atom. The lowest BCUT2D eigenvalue weighted by Crippen LogP contribution is -2.41. The molecule has 0 aliphatic heterocycles. The van der Waals surface area contributed by atoms with Crippen LogP contribution in [-0.2, 0) is 0 Å². The van der Waals surface area contributed by atoms with Gasteiger partial charge in [-0.05, 0) is 56.9 Å². The topological polar surface area (TPSA) is 71.2 Å². The normalized spacial score (nSPS) is 23.0. The van der Waals surface area contributed by atoms with Crippen molar-refractivity contribution in [1.82, 2.24) is 14.8 Å². The Morgan fingerprint density at radius 1 is 1.16 bits per heavy atom. The van der Waals surface area contributed by atoms with E-state index < -0.39 is 11.4 Å². The minimum absolute atomic E-state index is 0.140. The average molecular weight is 341 g/mol. The van der Waals surface area contributed by atoms with Crippen molar-refractivity contribution >= 4 is 11.0 Å². The summed E-state index contributed by atoms with van der Waals surface area (Å²) >= 11 is 0. The summed E-state index contributed by atoms with van der Waals surface area (Å²) in [5, 5.41) is 29.7. The number of benzene rings is 1. The lowest BCUT2D eigenvalue weighted by Gasteiger charge is -2.41. The number of aromatic nitrogens is 3. The molecule has 1 aliphatic rings. The SMILES string of the molecule is Cc1cc(F)cc(O)c1-c1cc2c(C)cn(C3CC(C)(O)C3)c2nn1. The molecule has 2 aromatic heterocycles. The van der Waals surface area contributed by atoms with E-state index in [-0.39, 0.29) is 11.8 Å². The van der Waals surface area contributed by atoms with Crippen LogP contribution in [0.25, 0.3) is 22.3 Å². The Hall–Kier alpha value is -2.47. The van der Waals surface area contributed by atoms with E-state index in [0.29, 0.717) is 29.7 Å². The van der Waals surface area contributed by atoms with Gasteiger partial charge in [0, 0.05) is 29.3 Å². The highest BCUT2D eigenvalue weighted by atomic mass is 19.1. The number of phenols is 1. The molecular formula is C19H20FN3O2. The van der Waals surface area contributed by atoms with Gasteiger partial charge < -0.3 is 14.8 Å². The summed E-state index contributed by atoms with van der Waals surface area (Å²) in [6.45, 7) is 5.57. The second kappa shape index (κ2) is 5.26. The van der Waals surface area contributed by atoms with Gasteiger partial charge in [-0.1, -0.05) is 0 Å². The molecule has 6 heteroatoms. The Labute approximate surface area is 144 Å². The van der Waals surface area contributed by atoms with E-state index in [4.69, 9.17) is 0 Å². The van der Waals surface area contributed by atoms with Gasteiger partial charge in [0.05, 0.1) is 11.3 Å². The molecule has 0 amide bonds. The van der Waals surface area contributed by atoms with E-state index in [1.54, 1.807) is 6.92 Å². The summed E-state index contributed by atoms with van der Waals surface area (Å²) in [5.41, 5.74) is 2.83. The Bertz CT molecular complexity index is 963. The third kappa shape index (κ3) is 2.57. The molecule has 0 spiro atoms. The van der Waals surface area contributed by atoms with Gasteiger partial charge in [-0.3, -0.25) is 0 Å². The van der Waals surface area contributed by atoms with Crippen molar-refractivity contribution in [2.45, 2.75) is 45.3 Å². The summed E-state index contributed by atoms with van der Waals surface area (Å²) in [4.78, 5) is 0. The van der Waals surface area contributed by atoms with Crippen LogP contribution in [0.2, 0.25) is 0 Å². The van der Waals surface area contributed by atoms with Crippen LogP contribution in [0.5, 0.6) is 5.75 Å². The molecule has 1 aliphatic carbocycles. The van der Waals surface area contributed by atoms with Gasteiger partial charge in [-0.15, -0.1) is 10.2 Å². The largest absolute Gasteiger partial charge is 0.507 e. The van der Waals surface area contributed by atoms with Crippen molar-refractivity contribution in [2.75, 3.05) is 0 Å². The molecule has 0 radical (unpaired) electrons. The van der Waals surface area contributed by atoms with E-state index in [1.165, 1.54) is 6.07 Å². The molecule has 1 fully saturated rings. The first kappa shape index (κ1) is 16.0. The van der Waals surface area contributed by atoms with Crippen LogP contribution in [0, 0.1) is 19.7 Å². The zero-order chi connectivity index (χ0) is 17.9. The van der Waals surface area contributed by atoms with Crippen LogP contribution >= 0.6 is 0 Å². The number of aromatic hydroxyl groups is 1. The smallest absolute Gasteiger partial charge is 0.163 e. The highest BCUT2D eigenvalue weighted by Gasteiger charge is 2.40. The Balaban J connectivity index is 1.81. The zero-order valence-electron chi connectivity index (χ0n) is 14.4. The number of nitrogens with zero attached hydrogens (tertiary/aromatic N) is 3. The number of halogens is 1. The van der Waals surface area contributed by atoms with Crippen molar-refractivity contribution in [1.29, 1.82) is 0 Å². The number of rotatable bonds is 2. The van der Waals surface area contributed by atoms with Crippen LogP contribution in [0.1, 0.15) is 36.9 Å². The van der Waals surface area contributed by atoms with Crippen LogP contribution in [0.15, 0.2) is 24.4 Å². The van der Waals surface area contributed by atoms with Gasteiger partial charge in [-0.2, -0.15) is 0 Å². The number of phenolic OH excluding ortho intramolecular Hbond substituents is 1. The minimum Gasteiger partial charge on any atom is -0.507 e.